The molecule has 17 heavy (non-hydrogen) atoms. The summed E-state index contributed by atoms with van der Waals surface area (Å²) in [7, 11) is 0. The number of ether oxygens (including phenoxy) is 1. The summed E-state index contributed by atoms with van der Waals surface area (Å²) in [5, 5.41) is 3.51. The molecular weight excluding hydrogens is 210 g/mol. The minimum absolute atomic E-state index is 0.706. The van der Waals surface area contributed by atoms with Crippen LogP contribution in [0.3, 0.4) is 0 Å². The highest BCUT2D eigenvalue weighted by molar-refractivity contribution is 5.27. The van der Waals surface area contributed by atoms with E-state index in [4.69, 9.17) is 4.74 Å². The average molecular weight is 233 g/mol. The molecule has 94 valence electrons. The third-order valence-corrected chi connectivity index (χ3v) is 3.06. The van der Waals surface area contributed by atoms with E-state index in [0.717, 1.165) is 31.4 Å². The summed E-state index contributed by atoms with van der Waals surface area (Å²) in [6.07, 6.45) is 3.80. The van der Waals surface area contributed by atoms with E-state index in [2.05, 4.69) is 43.4 Å². The van der Waals surface area contributed by atoms with Crippen molar-refractivity contribution >= 4 is 0 Å². The van der Waals surface area contributed by atoms with Crippen LogP contribution in [0.2, 0.25) is 0 Å². The number of benzene rings is 1. The normalized spacial score (nSPS) is 15.2. The van der Waals surface area contributed by atoms with E-state index < -0.39 is 0 Å². The molecule has 1 fully saturated rings. The molecule has 0 saturated heterocycles. The molecule has 1 aromatic rings. The summed E-state index contributed by atoms with van der Waals surface area (Å²) < 4.78 is 5.69. The summed E-state index contributed by atoms with van der Waals surface area (Å²) >= 11 is 0. The van der Waals surface area contributed by atoms with Crippen LogP contribution in [0.25, 0.3) is 0 Å². The van der Waals surface area contributed by atoms with Gasteiger partial charge in [0.1, 0.15) is 5.75 Å². The Labute approximate surface area is 104 Å². The van der Waals surface area contributed by atoms with Crippen molar-refractivity contribution in [2.45, 2.75) is 45.7 Å². The standard InChI is InChI=1S/C15H23NO/c1-12(2)9-10-17-15-7-3-13(4-8-15)11-16-14-5-6-14/h3-4,7-8,12,14,16H,5-6,9-11H2,1-2H3. The highest BCUT2D eigenvalue weighted by atomic mass is 16.5. The maximum atomic E-state index is 5.69. The van der Waals surface area contributed by atoms with Crippen LogP contribution in [0.15, 0.2) is 24.3 Å². The van der Waals surface area contributed by atoms with Gasteiger partial charge in [0.05, 0.1) is 6.61 Å². The summed E-state index contributed by atoms with van der Waals surface area (Å²) in [5.41, 5.74) is 1.34. The number of hydrogen-bond donors (Lipinski definition) is 1. The lowest BCUT2D eigenvalue weighted by molar-refractivity contribution is 0.289. The van der Waals surface area contributed by atoms with Crippen molar-refractivity contribution in [1.29, 1.82) is 0 Å². The molecule has 2 nitrogen and oxygen atoms in total. The van der Waals surface area contributed by atoms with E-state index >= 15 is 0 Å². The van der Waals surface area contributed by atoms with E-state index in [-0.39, 0.29) is 0 Å². The highest BCUT2D eigenvalue weighted by Crippen LogP contribution is 2.20. The van der Waals surface area contributed by atoms with Gasteiger partial charge in [-0.25, -0.2) is 0 Å². The fourth-order valence-corrected chi connectivity index (χ4v) is 1.67. The van der Waals surface area contributed by atoms with Crippen LogP contribution in [0, 0.1) is 5.92 Å². The van der Waals surface area contributed by atoms with Gasteiger partial charge in [-0.05, 0) is 42.9 Å². The van der Waals surface area contributed by atoms with Gasteiger partial charge in [-0.2, -0.15) is 0 Å². The zero-order valence-corrected chi connectivity index (χ0v) is 10.9. The Morgan fingerprint density at radius 3 is 2.53 bits per heavy atom. The van der Waals surface area contributed by atoms with Crippen LogP contribution in [-0.2, 0) is 6.54 Å². The first-order chi connectivity index (χ1) is 8.24. The van der Waals surface area contributed by atoms with Gasteiger partial charge in [0.15, 0.2) is 0 Å². The molecule has 0 bridgehead atoms. The smallest absolute Gasteiger partial charge is 0.119 e. The molecule has 1 aromatic carbocycles. The second-order valence-corrected chi connectivity index (χ2v) is 5.33. The molecule has 1 aliphatic carbocycles. The van der Waals surface area contributed by atoms with Gasteiger partial charge >= 0.3 is 0 Å². The molecule has 0 radical (unpaired) electrons. The van der Waals surface area contributed by atoms with E-state index in [9.17, 15) is 0 Å². The topological polar surface area (TPSA) is 21.3 Å². The van der Waals surface area contributed by atoms with Crippen molar-refractivity contribution in [3.63, 3.8) is 0 Å². The Bertz CT molecular complexity index is 327. The Kier molecular flexibility index (Phi) is 4.43. The fourth-order valence-electron chi connectivity index (χ4n) is 1.67. The second-order valence-electron chi connectivity index (χ2n) is 5.33. The van der Waals surface area contributed by atoms with Gasteiger partial charge < -0.3 is 10.1 Å². The molecule has 0 atom stereocenters. The van der Waals surface area contributed by atoms with E-state index in [0.29, 0.717) is 5.92 Å². The van der Waals surface area contributed by atoms with Crippen molar-refractivity contribution in [2.24, 2.45) is 5.92 Å². The van der Waals surface area contributed by atoms with Crippen molar-refractivity contribution < 1.29 is 4.74 Å². The minimum Gasteiger partial charge on any atom is -0.494 e. The molecule has 2 heteroatoms. The predicted molar refractivity (Wildman–Crippen MR) is 71.3 cm³/mol. The van der Waals surface area contributed by atoms with E-state index in [1.807, 2.05) is 0 Å². The van der Waals surface area contributed by atoms with Crippen molar-refractivity contribution in [3.05, 3.63) is 29.8 Å². The molecule has 2 rings (SSSR count). The van der Waals surface area contributed by atoms with Crippen LogP contribution in [0.5, 0.6) is 5.75 Å². The molecule has 1 saturated carbocycles. The quantitative estimate of drug-likeness (QED) is 0.779. The van der Waals surface area contributed by atoms with Crippen LogP contribution in [0.4, 0.5) is 0 Å². The van der Waals surface area contributed by atoms with Crippen molar-refractivity contribution in [2.75, 3.05) is 6.61 Å². The fraction of sp³-hybridized carbons (Fsp3) is 0.600. The van der Waals surface area contributed by atoms with Gasteiger partial charge in [-0.1, -0.05) is 26.0 Å². The third-order valence-electron chi connectivity index (χ3n) is 3.06. The zero-order valence-electron chi connectivity index (χ0n) is 10.9. The Hall–Kier alpha value is -1.02. The molecule has 1 N–H and O–H groups in total. The first-order valence-electron chi connectivity index (χ1n) is 6.69. The largest absolute Gasteiger partial charge is 0.494 e. The van der Waals surface area contributed by atoms with E-state index in [1.54, 1.807) is 0 Å². The first-order valence-corrected chi connectivity index (χ1v) is 6.69. The Morgan fingerprint density at radius 2 is 1.94 bits per heavy atom. The van der Waals surface area contributed by atoms with Crippen LogP contribution in [-0.4, -0.2) is 12.6 Å². The summed E-state index contributed by atoms with van der Waals surface area (Å²) in [6.45, 7) is 6.24. The third kappa shape index (κ3) is 4.78. The molecular formula is C15H23NO. The van der Waals surface area contributed by atoms with Crippen molar-refractivity contribution in [1.82, 2.24) is 5.32 Å². The molecule has 0 amide bonds. The van der Waals surface area contributed by atoms with Crippen LogP contribution < -0.4 is 10.1 Å². The van der Waals surface area contributed by atoms with Gasteiger partial charge in [0.2, 0.25) is 0 Å². The molecule has 1 aliphatic rings. The maximum absolute atomic E-state index is 5.69. The summed E-state index contributed by atoms with van der Waals surface area (Å²) in [6, 6.07) is 9.23. The number of nitrogens with one attached hydrogen (secondary N) is 1. The van der Waals surface area contributed by atoms with E-state index in [1.165, 1.54) is 18.4 Å². The molecule has 0 aliphatic heterocycles. The zero-order chi connectivity index (χ0) is 12.1. The van der Waals surface area contributed by atoms with Gasteiger partial charge in [0, 0.05) is 12.6 Å². The van der Waals surface area contributed by atoms with Gasteiger partial charge in [-0.3, -0.25) is 0 Å². The SMILES string of the molecule is CC(C)CCOc1ccc(CNC2CC2)cc1. The molecule has 0 unspecified atom stereocenters. The molecule has 0 heterocycles. The average Bonchev–Trinajstić information content (AvgIpc) is 3.11. The molecule has 0 spiro atoms. The summed E-state index contributed by atoms with van der Waals surface area (Å²) in [5.74, 6) is 1.69. The summed E-state index contributed by atoms with van der Waals surface area (Å²) in [4.78, 5) is 0. The monoisotopic (exact) mass is 233 g/mol. The molecule has 0 aromatic heterocycles. The lowest BCUT2D eigenvalue weighted by atomic mass is 10.1. The minimum atomic E-state index is 0.706. The lowest BCUT2D eigenvalue weighted by Gasteiger charge is -2.09. The van der Waals surface area contributed by atoms with Gasteiger partial charge in [-0.15, -0.1) is 0 Å². The lowest BCUT2D eigenvalue weighted by Crippen LogP contribution is -2.15. The van der Waals surface area contributed by atoms with Crippen LogP contribution in [0.1, 0.15) is 38.7 Å². The number of rotatable bonds is 7. The Balaban J connectivity index is 1.72. The highest BCUT2D eigenvalue weighted by Gasteiger charge is 2.19. The van der Waals surface area contributed by atoms with Crippen LogP contribution >= 0.6 is 0 Å². The maximum Gasteiger partial charge on any atom is 0.119 e. The first kappa shape index (κ1) is 12.4. The Morgan fingerprint density at radius 1 is 1.24 bits per heavy atom. The van der Waals surface area contributed by atoms with Gasteiger partial charge in [0.25, 0.3) is 0 Å². The second kappa shape index (κ2) is 6.06. The number of hydrogen-bond acceptors (Lipinski definition) is 2. The van der Waals surface area contributed by atoms with Crippen molar-refractivity contribution in [3.8, 4) is 5.75 Å². The predicted octanol–water partition coefficient (Wildman–Crippen LogP) is 3.36.